The molecule has 3 aromatic rings. The smallest absolute Gasteiger partial charge is 0.341 e. The molecule has 1 aromatic carbocycles. The van der Waals surface area contributed by atoms with Gasteiger partial charge in [0.25, 0.3) is 0 Å². The Hall–Kier alpha value is -3.56. The van der Waals surface area contributed by atoms with Crippen molar-refractivity contribution in [2.45, 2.75) is 19.5 Å². The quantitative estimate of drug-likeness (QED) is 0.432. The van der Waals surface area contributed by atoms with E-state index in [1.807, 2.05) is 10.8 Å². The minimum atomic E-state index is -1.38. The number of carboxylic acids is 1. The number of carbonyl (C=O) groups is 1. The molecule has 4 N–H and O–H groups in total. The summed E-state index contributed by atoms with van der Waals surface area (Å²) in [5, 5.41) is 12.1. The highest BCUT2D eigenvalue weighted by molar-refractivity contribution is 6.03. The monoisotopic (exact) mass is 387 g/mol. The Bertz CT molecular complexity index is 1120. The van der Waals surface area contributed by atoms with Crippen molar-refractivity contribution >= 4 is 28.2 Å². The standard InChI is InChI=1S/C18H18FN5O4/c19-12-13(20)11-15-17(14(12)22-2-1-4-23-5-3-21-9-23)28-7-6-24(15)8-10(16(11)25)18(26)27/h3,5,8-9,22H,1-2,4,6-7,20H2,(H,26,27). The number of aryl methyl sites for hydroxylation is 1. The highest BCUT2D eigenvalue weighted by atomic mass is 19.1. The first-order chi connectivity index (χ1) is 13.5. The fourth-order valence-electron chi connectivity index (χ4n) is 3.39. The first kappa shape index (κ1) is 17.8. The van der Waals surface area contributed by atoms with E-state index in [1.165, 1.54) is 6.20 Å². The minimum absolute atomic E-state index is 0.0755. The van der Waals surface area contributed by atoms with Crippen molar-refractivity contribution in [3.63, 3.8) is 0 Å². The molecule has 28 heavy (non-hydrogen) atoms. The Labute approximate surface area is 158 Å². The third-order valence-corrected chi connectivity index (χ3v) is 4.71. The number of benzene rings is 1. The molecule has 1 aliphatic heterocycles. The fourth-order valence-corrected chi connectivity index (χ4v) is 3.39. The molecule has 0 amide bonds. The average molecular weight is 387 g/mol. The third kappa shape index (κ3) is 2.82. The van der Waals surface area contributed by atoms with Gasteiger partial charge >= 0.3 is 5.97 Å². The second-order valence-corrected chi connectivity index (χ2v) is 6.46. The zero-order valence-electron chi connectivity index (χ0n) is 14.8. The molecule has 0 saturated carbocycles. The summed E-state index contributed by atoms with van der Waals surface area (Å²) in [7, 11) is 0. The van der Waals surface area contributed by atoms with E-state index in [4.69, 9.17) is 10.5 Å². The molecule has 0 unspecified atom stereocenters. The molecule has 0 saturated heterocycles. The topological polar surface area (TPSA) is 124 Å². The Kier molecular flexibility index (Phi) is 4.38. The van der Waals surface area contributed by atoms with Crippen LogP contribution in [0.3, 0.4) is 0 Å². The van der Waals surface area contributed by atoms with E-state index in [-0.39, 0.29) is 29.1 Å². The van der Waals surface area contributed by atoms with Gasteiger partial charge in [-0.15, -0.1) is 0 Å². The van der Waals surface area contributed by atoms with Gasteiger partial charge in [0, 0.05) is 31.7 Å². The second kappa shape index (κ2) is 6.87. The number of anilines is 2. The van der Waals surface area contributed by atoms with Crippen LogP contribution in [0.2, 0.25) is 0 Å². The number of nitrogens with zero attached hydrogens (tertiary/aromatic N) is 3. The Morgan fingerprint density at radius 2 is 2.29 bits per heavy atom. The van der Waals surface area contributed by atoms with Crippen molar-refractivity contribution in [1.82, 2.24) is 14.1 Å². The molecule has 0 aliphatic carbocycles. The van der Waals surface area contributed by atoms with Crippen molar-refractivity contribution < 1.29 is 19.0 Å². The summed E-state index contributed by atoms with van der Waals surface area (Å²) >= 11 is 0. The van der Waals surface area contributed by atoms with Gasteiger partial charge in [-0.3, -0.25) is 4.79 Å². The van der Waals surface area contributed by atoms with Gasteiger partial charge in [0.05, 0.1) is 29.5 Å². The number of nitrogens with two attached hydrogens (primary N) is 1. The van der Waals surface area contributed by atoms with Gasteiger partial charge in [0.1, 0.15) is 17.9 Å². The number of aromatic nitrogens is 3. The van der Waals surface area contributed by atoms with Crippen LogP contribution in [0.1, 0.15) is 16.8 Å². The number of nitrogen functional groups attached to an aromatic ring is 1. The van der Waals surface area contributed by atoms with Crippen LogP contribution in [0.5, 0.6) is 5.75 Å². The van der Waals surface area contributed by atoms with Crippen LogP contribution >= 0.6 is 0 Å². The van der Waals surface area contributed by atoms with Crippen molar-refractivity contribution in [1.29, 1.82) is 0 Å². The maximum absolute atomic E-state index is 15.0. The largest absolute Gasteiger partial charge is 0.487 e. The van der Waals surface area contributed by atoms with Gasteiger partial charge in [-0.2, -0.15) is 0 Å². The molecule has 0 radical (unpaired) electrons. The van der Waals surface area contributed by atoms with Crippen LogP contribution in [-0.4, -0.2) is 38.3 Å². The van der Waals surface area contributed by atoms with Crippen molar-refractivity contribution in [3.8, 4) is 5.75 Å². The molecule has 1 aliphatic rings. The van der Waals surface area contributed by atoms with Crippen LogP contribution in [-0.2, 0) is 13.1 Å². The van der Waals surface area contributed by atoms with E-state index in [2.05, 4.69) is 10.3 Å². The van der Waals surface area contributed by atoms with Crippen LogP contribution < -0.4 is 21.2 Å². The number of carboxylic acid groups (broad SMARTS) is 1. The lowest BCUT2D eigenvalue weighted by molar-refractivity contribution is 0.0694. The van der Waals surface area contributed by atoms with Crippen LogP contribution in [0.15, 0.2) is 29.7 Å². The molecule has 10 heteroatoms. The van der Waals surface area contributed by atoms with Crippen molar-refractivity contribution in [3.05, 3.63) is 46.5 Å². The number of nitrogens with one attached hydrogen (secondary N) is 1. The lowest BCUT2D eigenvalue weighted by atomic mass is 10.1. The first-order valence-corrected chi connectivity index (χ1v) is 8.72. The summed E-state index contributed by atoms with van der Waals surface area (Å²) in [5.74, 6) is -2.03. The minimum Gasteiger partial charge on any atom is -0.487 e. The molecule has 2 aromatic heterocycles. The lowest BCUT2D eigenvalue weighted by Crippen LogP contribution is -2.26. The van der Waals surface area contributed by atoms with Gasteiger partial charge in [-0.05, 0) is 6.42 Å². The molecule has 0 spiro atoms. The number of hydrogen-bond acceptors (Lipinski definition) is 6. The number of halogens is 1. The normalized spacial score (nSPS) is 12.8. The highest BCUT2D eigenvalue weighted by Crippen LogP contribution is 2.41. The predicted octanol–water partition coefficient (Wildman–Crippen LogP) is 1.51. The number of rotatable bonds is 6. The number of pyridine rings is 1. The molecule has 0 fully saturated rings. The van der Waals surface area contributed by atoms with Gasteiger partial charge in [-0.1, -0.05) is 0 Å². The van der Waals surface area contributed by atoms with E-state index in [0.29, 0.717) is 31.6 Å². The predicted molar refractivity (Wildman–Crippen MR) is 100 cm³/mol. The Morgan fingerprint density at radius 1 is 1.46 bits per heavy atom. The number of aromatic carboxylic acids is 1. The van der Waals surface area contributed by atoms with Gasteiger partial charge in [0.2, 0.25) is 5.43 Å². The van der Waals surface area contributed by atoms with E-state index in [1.54, 1.807) is 17.1 Å². The molecule has 0 atom stereocenters. The van der Waals surface area contributed by atoms with E-state index >= 15 is 0 Å². The maximum atomic E-state index is 15.0. The van der Waals surface area contributed by atoms with Crippen LogP contribution in [0.4, 0.5) is 15.8 Å². The molecular weight excluding hydrogens is 369 g/mol. The summed E-state index contributed by atoms with van der Waals surface area (Å²) in [5.41, 5.74) is 4.61. The molecule has 146 valence electrons. The van der Waals surface area contributed by atoms with Crippen LogP contribution in [0.25, 0.3) is 10.9 Å². The van der Waals surface area contributed by atoms with Gasteiger partial charge < -0.3 is 30.0 Å². The Morgan fingerprint density at radius 3 is 3.00 bits per heavy atom. The number of ether oxygens (including phenoxy) is 1. The maximum Gasteiger partial charge on any atom is 0.341 e. The zero-order valence-corrected chi connectivity index (χ0v) is 14.8. The van der Waals surface area contributed by atoms with Crippen molar-refractivity contribution in [2.75, 3.05) is 24.2 Å². The second-order valence-electron chi connectivity index (χ2n) is 6.46. The average Bonchev–Trinajstić information content (AvgIpc) is 3.19. The zero-order chi connectivity index (χ0) is 19.8. The highest BCUT2D eigenvalue weighted by Gasteiger charge is 2.28. The molecular formula is C18H18FN5O4. The van der Waals surface area contributed by atoms with E-state index in [0.717, 1.165) is 0 Å². The Balaban J connectivity index is 1.75. The SMILES string of the molecule is Nc1c(F)c(NCCCn2ccnc2)c2c3c1c(=O)c(C(=O)O)cn3CCO2. The molecule has 4 rings (SSSR count). The molecule has 3 heterocycles. The van der Waals surface area contributed by atoms with Crippen LogP contribution in [0, 0.1) is 5.82 Å². The lowest BCUT2D eigenvalue weighted by Gasteiger charge is -2.25. The fraction of sp³-hybridized carbons (Fsp3) is 0.278. The summed E-state index contributed by atoms with van der Waals surface area (Å²) in [6.45, 7) is 1.68. The molecule has 0 bridgehead atoms. The first-order valence-electron chi connectivity index (χ1n) is 8.72. The third-order valence-electron chi connectivity index (χ3n) is 4.71. The van der Waals surface area contributed by atoms with Gasteiger partial charge in [-0.25, -0.2) is 14.2 Å². The number of imidazole rings is 1. The summed E-state index contributed by atoms with van der Waals surface area (Å²) in [4.78, 5) is 27.9. The van der Waals surface area contributed by atoms with Gasteiger partial charge in [0.15, 0.2) is 11.6 Å². The number of hydrogen-bond donors (Lipinski definition) is 3. The van der Waals surface area contributed by atoms with E-state index < -0.39 is 22.8 Å². The van der Waals surface area contributed by atoms with E-state index in [9.17, 15) is 19.1 Å². The molecule has 9 nitrogen and oxygen atoms in total. The van der Waals surface area contributed by atoms with Crippen molar-refractivity contribution in [2.24, 2.45) is 0 Å². The summed E-state index contributed by atoms with van der Waals surface area (Å²) < 4.78 is 24.1. The summed E-state index contributed by atoms with van der Waals surface area (Å²) in [6.07, 6.45) is 7.15. The summed E-state index contributed by atoms with van der Waals surface area (Å²) in [6, 6.07) is 0.